The van der Waals surface area contributed by atoms with Crippen molar-refractivity contribution >= 4 is 5.91 Å². The van der Waals surface area contributed by atoms with Gasteiger partial charge in [-0.25, -0.2) is 0 Å². The van der Waals surface area contributed by atoms with Crippen molar-refractivity contribution in [2.24, 2.45) is 11.8 Å². The molecule has 1 unspecified atom stereocenters. The highest BCUT2D eigenvalue weighted by Crippen LogP contribution is 2.26. The Kier molecular flexibility index (Phi) is 4.88. The molecular formula is C16H30N2O. The normalized spacial score (nSPS) is 26.6. The first-order valence-electron chi connectivity index (χ1n) is 7.98. The lowest BCUT2D eigenvalue weighted by Crippen LogP contribution is -2.44. The molecule has 2 fully saturated rings. The van der Waals surface area contributed by atoms with Gasteiger partial charge in [-0.05, 0) is 52.5 Å². The third-order valence-electron chi connectivity index (χ3n) is 4.38. The van der Waals surface area contributed by atoms with E-state index >= 15 is 0 Å². The van der Waals surface area contributed by atoms with E-state index in [9.17, 15) is 4.79 Å². The fourth-order valence-electron chi connectivity index (χ4n) is 3.42. The standard InChI is InChI=1S/C16H30N2O/c1-16(2,3)17-15(19)14-9-10-18(12-14)11-13-7-5-4-6-8-13/h13-14H,4-12H2,1-3H3,(H,17,19). The van der Waals surface area contributed by atoms with Crippen LogP contribution >= 0.6 is 0 Å². The minimum absolute atomic E-state index is 0.103. The van der Waals surface area contributed by atoms with Crippen molar-refractivity contribution in [2.45, 2.75) is 64.8 Å². The summed E-state index contributed by atoms with van der Waals surface area (Å²) < 4.78 is 0. The summed E-state index contributed by atoms with van der Waals surface area (Å²) in [6, 6.07) is 0. The molecule has 19 heavy (non-hydrogen) atoms. The van der Waals surface area contributed by atoms with Gasteiger partial charge in [0.2, 0.25) is 5.91 Å². The number of amides is 1. The molecule has 1 saturated heterocycles. The Morgan fingerprint density at radius 3 is 2.47 bits per heavy atom. The van der Waals surface area contributed by atoms with Gasteiger partial charge in [0.1, 0.15) is 0 Å². The number of carbonyl (C=O) groups is 1. The number of nitrogens with zero attached hydrogens (tertiary/aromatic N) is 1. The zero-order valence-corrected chi connectivity index (χ0v) is 12.9. The van der Waals surface area contributed by atoms with Crippen molar-refractivity contribution in [3.8, 4) is 0 Å². The van der Waals surface area contributed by atoms with Crippen LogP contribution in [0.1, 0.15) is 59.3 Å². The number of likely N-dealkylation sites (tertiary alicyclic amines) is 1. The molecule has 2 rings (SSSR count). The SMILES string of the molecule is CC(C)(C)NC(=O)C1CCN(CC2CCCCC2)C1. The van der Waals surface area contributed by atoms with Crippen LogP contribution in [0.3, 0.4) is 0 Å². The number of nitrogens with one attached hydrogen (secondary N) is 1. The highest BCUT2D eigenvalue weighted by atomic mass is 16.2. The highest BCUT2D eigenvalue weighted by molar-refractivity contribution is 5.79. The number of hydrogen-bond acceptors (Lipinski definition) is 2. The van der Waals surface area contributed by atoms with E-state index in [4.69, 9.17) is 0 Å². The van der Waals surface area contributed by atoms with Crippen molar-refractivity contribution in [3.63, 3.8) is 0 Å². The molecule has 0 spiro atoms. The predicted molar refractivity (Wildman–Crippen MR) is 79.0 cm³/mol. The summed E-state index contributed by atoms with van der Waals surface area (Å²) >= 11 is 0. The van der Waals surface area contributed by atoms with Crippen LogP contribution in [0.4, 0.5) is 0 Å². The molecule has 1 atom stereocenters. The topological polar surface area (TPSA) is 32.3 Å². The van der Waals surface area contributed by atoms with Crippen molar-refractivity contribution in [1.82, 2.24) is 10.2 Å². The molecule has 3 nitrogen and oxygen atoms in total. The maximum absolute atomic E-state index is 12.2. The van der Waals surface area contributed by atoms with E-state index in [2.05, 4.69) is 31.0 Å². The van der Waals surface area contributed by atoms with Gasteiger partial charge in [0.15, 0.2) is 0 Å². The minimum atomic E-state index is -0.103. The predicted octanol–water partition coefficient (Wildman–Crippen LogP) is 2.80. The van der Waals surface area contributed by atoms with Crippen LogP contribution in [0.25, 0.3) is 0 Å². The van der Waals surface area contributed by atoms with E-state index in [1.165, 1.54) is 38.6 Å². The second-order valence-electron chi connectivity index (χ2n) is 7.49. The molecular weight excluding hydrogens is 236 g/mol. The Balaban J connectivity index is 1.74. The van der Waals surface area contributed by atoms with Gasteiger partial charge >= 0.3 is 0 Å². The molecule has 2 aliphatic rings. The van der Waals surface area contributed by atoms with Gasteiger partial charge < -0.3 is 10.2 Å². The maximum atomic E-state index is 12.2. The summed E-state index contributed by atoms with van der Waals surface area (Å²) in [7, 11) is 0. The quantitative estimate of drug-likeness (QED) is 0.852. The van der Waals surface area contributed by atoms with Crippen LogP contribution in [-0.4, -0.2) is 36.0 Å². The smallest absolute Gasteiger partial charge is 0.224 e. The first kappa shape index (κ1) is 14.8. The lowest BCUT2D eigenvalue weighted by molar-refractivity contribution is -0.126. The summed E-state index contributed by atoms with van der Waals surface area (Å²) in [5.74, 6) is 1.35. The van der Waals surface area contributed by atoms with Crippen molar-refractivity contribution in [2.75, 3.05) is 19.6 Å². The van der Waals surface area contributed by atoms with E-state index < -0.39 is 0 Å². The van der Waals surface area contributed by atoms with Crippen molar-refractivity contribution in [3.05, 3.63) is 0 Å². The highest BCUT2D eigenvalue weighted by Gasteiger charge is 2.31. The Morgan fingerprint density at radius 1 is 1.16 bits per heavy atom. The van der Waals surface area contributed by atoms with E-state index in [-0.39, 0.29) is 17.4 Å². The van der Waals surface area contributed by atoms with Crippen LogP contribution in [0.15, 0.2) is 0 Å². The Bertz CT molecular complexity index is 302. The second-order valence-corrected chi connectivity index (χ2v) is 7.49. The second kappa shape index (κ2) is 6.25. The van der Waals surface area contributed by atoms with E-state index in [0.29, 0.717) is 0 Å². The maximum Gasteiger partial charge on any atom is 0.224 e. The van der Waals surface area contributed by atoms with Gasteiger partial charge in [0.25, 0.3) is 0 Å². The summed E-state index contributed by atoms with van der Waals surface area (Å²) in [5, 5.41) is 3.12. The average molecular weight is 266 g/mol. The molecule has 110 valence electrons. The van der Waals surface area contributed by atoms with Gasteiger partial charge in [-0.1, -0.05) is 19.3 Å². The number of carbonyl (C=O) groups excluding carboxylic acids is 1. The summed E-state index contributed by atoms with van der Waals surface area (Å²) in [5.41, 5.74) is -0.103. The Labute approximate surface area is 118 Å². The van der Waals surface area contributed by atoms with Crippen LogP contribution in [0.2, 0.25) is 0 Å². The van der Waals surface area contributed by atoms with Crippen LogP contribution < -0.4 is 5.32 Å². The molecule has 3 heteroatoms. The zero-order valence-electron chi connectivity index (χ0n) is 12.9. The lowest BCUT2D eigenvalue weighted by atomic mass is 9.89. The fraction of sp³-hybridized carbons (Fsp3) is 0.938. The summed E-state index contributed by atoms with van der Waals surface area (Å²) in [6.45, 7) is 9.47. The molecule has 1 aliphatic heterocycles. The molecule has 0 radical (unpaired) electrons. The third-order valence-corrected chi connectivity index (χ3v) is 4.38. The molecule has 1 amide bonds. The molecule has 0 bridgehead atoms. The fourth-order valence-corrected chi connectivity index (χ4v) is 3.42. The molecule has 0 aromatic heterocycles. The van der Waals surface area contributed by atoms with Crippen LogP contribution in [0, 0.1) is 11.8 Å². The van der Waals surface area contributed by atoms with E-state index in [1.54, 1.807) is 0 Å². The zero-order chi connectivity index (χ0) is 13.9. The largest absolute Gasteiger partial charge is 0.351 e. The molecule has 0 aromatic rings. The third kappa shape index (κ3) is 4.79. The minimum Gasteiger partial charge on any atom is -0.351 e. The van der Waals surface area contributed by atoms with Crippen molar-refractivity contribution < 1.29 is 4.79 Å². The van der Waals surface area contributed by atoms with Gasteiger partial charge in [0, 0.05) is 18.6 Å². The van der Waals surface area contributed by atoms with Gasteiger partial charge in [-0.2, -0.15) is 0 Å². The number of rotatable bonds is 3. The molecule has 1 heterocycles. The van der Waals surface area contributed by atoms with Crippen molar-refractivity contribution in [1.29, 1.82) is 0 Å². The van der Waals surface area contributed by atoms with Gasteiger partial charge in [0.05, 0.1) is 5.92 Å². The van der Waals surface area contributed by atoms with E-state index in [1.807, 2.05) is 0 Å². The average Bonchev–Trinajstić information content (AvgIpc) is 2.77. The summed E-state index contributed by atoms with van der Waals surface area (Å²) in [6.07, 6.45) is 8.07. The Hall–Kier alpha value is -0.570. The van der Waals surface area contributed by atoms with E-state index in [0.717, 1.165) is 25.4 Å². The number of hydrogen-bond donors (Lipinski definition) is 1. The monoisotopic (exact) mass is 266 g/mol. The first-order chi connectivity index (χ1) is 8.94. The van der Waals surface area contributed by atoms with Gasteiger partial charge in [-0.3, -0.25) is 4.79 Å². The van der Waals surface area contributed by atoms with Gasteiger partial charge in [-0.15, -0.1) is 0 Å². The Morgan fingerprint density at radius 2 is 1.84 bits per heavy atom. The summed E-state index contributed by atoms with van der Waals surface area (Å²) in [4.78, 5) is 14.7. The molecule has 0 aromatic carbocycles. The molecule has 1 aliphatic carbocycles. The lowest BCUT2D eigenvalue weighted by Gasteiger charge is -2.27. The molecule has 1 saturated carbocycles. The van der Waals surface area contributed by atoms with Crippen LogP contribution in [-0.2, 0) is 4.79 Å². The molecule has 1 N–H and O–H groups in total. The van der Waals surface area contributed by atoms with Crippen LogP contribution in [0.5, 0.6) is 0 Å². The first-order valence-corrected chi connectivity index (χ1v) is 7.98.